The molecule has 0 radical (unpaired) electrons. The molecule has 0 N–H and O–H groups in total. The maximum absolute atomic E-state index is 6.29. The van der Waals surface area contributed by atoms with Crippen LogP contribution in [0.15, 0.2) is 77.5 Å². The minimum atomic E-state index is -0.0943. The van der Waals surface area contributed by atoms with Gasteiger partial charge in [-0.05, 0) is 78.1 Å². The summed E-state index contributed by atoms with van der Waals surface area (Å²) in [5, 5.41) is 1.58. The fraction of sp³-hybridized carbons (Fsp3) is 0.310. The van der Waals surface area contributed by atoms with Crippen LogP contribution < -0.4 is 4.90 Å². The number of fused-ring (bicyclic) bond motifs is 2. The number of anilines is 1. The van der Waals surface area contributed by atoms with Crippen molar-refractivity contribution in [2.45, 2.75) is 52.4 Å². The molecule has 32 heavy (non-hydrogen) atoms. The van der Waals surface area contributed by atoms with Gasteiger partial charge in [0.1, 0.15) is 0 Å². The Hall–Kier alpha value is -2.22. The number of benzene rings is 2. The minimum Gasteiger partial charge on any atom is -0.347 e. The molecule has 2 aromatic rings. The standard InChI is InChI=1S/C29H31Cl2N/c1-18(8-13-23-19(2)22-12-10-20(30)16-24(22)28(23,3)4)9-15-27-29(5,6)25-17-21(31)11-14-26(25)32(27)7/h8-17H,1-7H3/b13-8+,18-9+,27-15+. The molecule has 0 bridgehead atoms. The SMILES string of the molecule is CC1=C(/C=C/C(C)=C/C=C2/N(C)c3ccc(Cl)cc3C2(C)C)C(C)(C)c2cc(Cl)ccc21. The Morgan fingerprint density at radius 2 is 1.53 bits per heavy atom. The van der Waals surface area contributed by atoms with Gasteiger partial charge in [-0.3, -0.25) is 0 Å². The van der Waals surface area contributed by atoms with Crippen molar-refractivity contribution in [3.8, 4) is 0 Å². The zero-order valence-electron chi connectivity index (χ0n) is 20.0. The molecule has 2 aliphatic rings. The van der Waals surface area contributed by atoms with Crippen LogP contribution in [0.5, 0.6) is 0 Å². The molecule has 0 saturated heterocycles. The van der Waals surface area contributed by atoms with E-state index in [0.29, 0.717) is 0 Å². The molecule has 4 rings (SSSR count). The predicted molar refractivity (Wildman–Crippen MR) is 141 cm³/mol. The summed E-state index contributed by atoms with van der Waals surface area (Å²) in [5.74, 6) is 0. The quantitative estimate of drug-likeness (QED) is 0.410. The fourth-order valence-electron chi connectivity index (χ4n) is 5.24. The van der Waals surface area contributed by atoms with E-state index in [4.69, 9.17) is 23.2 Å². The highest BCUT2D eigenvalue weighted by Crippen LogP contribution is 2.48. The molecule has 0 amide bonds. The summed E-state index contributed by atoms with van der Waals surface area (Å²) in [7, 11) is 2.13. The highest BCUT2D eigenvalue weighted by molar-refractivity contribution is 6.31. The monoisotopic (exact) mass is 463 g/mol. The fourth-order valence-corrected chi connectivity index (χ4v) is 5.59. The third-order valence-corrected chi connectivity index (χ3v) is 7.62. The molecule has 1 nitrogen and oxygen atoms in total. The molecule has 1 aliphatic heterocycles. The van der Waals surface area contributed by atoms with Crippen LogP contribution in [0.25, 0.3) is 5.57 Å². The molecule has 0 fully saturated rings. The Labute approximate surface area is 202 Å². The summed E-state index contributed by atoms with van der Waals surface area (Å²) in [6.07, 6.45) is 8.94. The molecular formula is C29H31Cl2N. The summed E-state index contributed by atoms with van der Waals surface area (Å²) in [4.78, 5) is 2.27. The van der Waals surface area contributed by atoms with Crippen molar-refractivity contribution in [2.24, 2.45) is 0 Å². The van der Waals surface area contributed by atoms with Gasteiger partial charge in [0.2, 0.25) is 0 Å². The number of hydrogen-bond donors (Lipinski definition) is 0. The third kappa shape index (κ3) is 3.66. The lowest BCUT2D eigenvalue weighted by Gasteiger charge is -2.24. The molecule has 0 aromatic heterocycles. The first kappa shape index (κ1) is 23.0. The molecular weight excluding hydrogens is 433 g/mol. The van der Waals surface area contributed by atoms with Crippen molar-refractivity contribution in [3.05, 3.63) is 104 Å². The number of hydrogen-bond acceptors (Lipinski definition) is 1. The lowest BCUT2D eigenvalue weighted by Crippen LogP contribution is -2.22. The summed E-state index contributed by atoms with van der Waals surface area (Å²) in [6, 6.07) is 12.4. The van der Waals surface area contributed by atoms with Crippen LogP contribution in [0, 0.1) is 0 Å². The molecule has 166 valence electrons. The zero-order valence-corrected chi connectivity index (χ0v) is 21.5. The van der Waals surface area contributed by atoms with Gasteiger partial charge in [-0.25, -0.2) is 0 Å². The summed E-state index contributed by atoms with van der Waals surface area (Å²) in [6.45, 7) is 13.4. The third-order valence-electron chi connectivity index (χ3n) is 7.15. The second-order valence-electron chi connectivity index (χ2n) is 9.99. The average Bonchev–Trinajstić information content (AvgIpc) is 3.02. The van der Waals surface area contributed by atoms with Gasteiger partial charge in [-0.2, -0.15) is 0 Å². The maximum atomic E-state index is 6.29. The Morgan fingerprint density at radius 3 is 2.22 bits per heavy atom. The van der Waals surface area contributed by atoms with E-state index in [0.717, 1.165) is 10.0 Å². The van der Waals surface area contributed by atoms with Crippen molar-refractivity contribution in [2.75, 3.05) is 11.9 Å². The predicted octanol–water partition coefficient (Wildman–Crippen LogP) is 8.87. The Morgan fingerprint density at radius 1 is 0.906 bits per heavy atom. The average molecular weight is 464 g/mol. The van der Waals surface area contributed by atoms with Gasteiger partial charge in [0, 0.05) is 39.3 Å². The van der Waals surface area contributed by atoms with Gasteiger partial charge in [0.15, 0.2) is 0 Å². The first-order valence-corrected chi connectivity index (χ1v) is 11.8. The molecule has 3 heteroatoms. The van der Waals surface area contributed by atoms with E-state index in [1.165, 1.54) is 44.8 Å². The maximum Gasteiger partial charge on any atom is 0.0449 e. The molecule has 0 atom stereocenters. The molecule has 0 unspecified atom stereocenters. The normalized spacial score (nSPS) is 20.5. The summed E-state index contributed by atoms with van der Waals surface area (Å²) in [5.41, 5.74) is 10.1. The van der Waals surface area contributed by atoms with E-state index in [9.17, 15) is 0 Å². The molecule has 0 spiro atoms. The Kier molecular flexibility index (Phi) is 5.72. The van der Waals surface area contributed by atoms with Crippen molar-refractivity contribution in [1.82, 2.24) is 0 Å². The van der Waals surface area contributed by atoms with Crippen LogP contribution in [0.2, 0.25) is 10.0 Å². The number of nitrogens with zero attached hydrogens (tertiary/aromatic N) is 1. The Bertz CT molecular complexity index is 1220. The van der Waals surface area contributed by atoms with Gasteiger partial charge < -0.3 is 4.90 Å². The second-order valence-corrected chi connectivity index (χ2v) is 10.9. The topological polar surface area (TPSA) is 3.24 Å². The van der Waals surface area contributed by atoms with Gasteiger partial charge >= 0.3 is 0 Å². The van der Waals surface area contributed by atoms with Crippen molar-refractivity contribution in [1.29, 1.82) is 0 Å². The van der Waals surface area contributed by atoms with E-state index in [1.807, 2.05) is 12.1 Å². The van der Waals surface area contributed by atoms with Crippen LogP contribution in [-0.2, 0) is 10.8 Å². The molecule has 2 aromatic carbocycles. The van der Waals surface area contributed by atoms with Crippen LogP contribution in [-0.4, -0.2) is 7.05 Å². The van der Waals surface area contributed by atoms with Crippen LogP contribution in [0.1, 0.15) is 58.2 Å². The van der Waals surface area contributed by atoms with E-state index in [1.54, 1.807) is 0 Å². The first-order valence-electron chi connectivity index (χ1n) is 11.1. The highest BCUT2D eigenvalue weighted by atomic mass is 35.5. The number of likely N-dealkylation sites (N-methyl/N-ethyl adjacent to an activating group) is 1. The number of rotatable bonds is 3. The van der Waals surface area contributed by atoms with E-state index in [2.05, 4.69) is 102 Å². The van der Waals surface area contributed by atoms with Gasteiger partial charge in [-0.15, -0.1) is 0 Å². The minimum absolute atomic E-state index is 0.0614. The summed E-state index contributed by atoms with van der Waals surface area (Å²) >= 11 is 12.6. The zero-order chi connectivity index (χ0) is 23.4. The molecule has 1 heterocycles. The van der Waals surface area contributed by atoms with Gasteiger partial charge in [-0.1, -0.05) is 80.8 Å². The van der Waals surface area contributed by atoms with Crippen molar-refractivity contribution in [3.63, 3.8) is 0 Å². The van der Waals surface area contributed by atoms with Crippen LogP contribution >= 0.6 is 23.2 Å². The second kappa shape index (κ2) is 7.97. The lowest BCUT2D eigenvalue weighted by molar-refractivity contribution is 0.640. The van der Waals surface area contributed by atoms with E-state index >= 15 is 0 Å². The lowest BCUT2D eigenvalue weighted by atomic mass is 9.81. The van der Waals surface area contributed by atoms with E-state index < -0.39 is 0 Å². The van der Waals surface area contributed by atoms with Gasteiger partial charge in [0.05, 0.1) is 0 Å². The summed E-state index contributed by atoms with van der Waals surface area (Å²) < 4.78 is 0. The van der Waals surface area contributed by atoms with Crippen LogP contribution in [0.3, 0.4) is 0 Å². The van der Waals surface area contributed by atoms with Crippen molar-refractivity contribution < 1.29 is 0 Å². The van der Waals surface area contributed by atoms with Crippen LogP contribution in [0.4, 0.5) is 5.69 Å². The smallest absolute Gasteiger partial charge is 0.0449 e. The number of halogens is 2. The number of allylic oxidation sites excluding steroid dienone is 8. The Balaban J connectivity index is 1.63. The van der Waals surface area contributed by atoms with E-state index in [-0.39, 0.29) is 10.8 Å². The van der Waals surface area contributed by atoms with Gasteiger partial charge in [0.25, 0.3) is 0 Å². The molecule has 0 saturated carbocycles. The largest absolute Gasteiger partial charge is 0.347 e. The molecule has 1 aliphatic carbocycles. The highest BCUT2D eigenvalue weighted by Gasteiger charge is 2.38. The first-order chi connectivity index (χ1) is 14.9. The van der Waals surface area contributed by atoms with Crippen molar-refractivity contribution >= 4 is 34.5 Å².